The van der Waals surface area contributed by atoms with Crippen LogP contribution in [0.1, 0.15) is 23.3 Å². The monoisotopic (exact) mass is 357 g/mol. The number of benzene rings is 1. The van der Waals surface area contributed by atoms with Crippen LogP contribution in [-0.4, -0.2) is 47.6 Å². The molecule has 1 N–H and O–H groups in total. The summed E-state index contributed by atoms with van der Waals surface area (Å²) in [7, 11) is 0. The average molecular weight is 357 g/mol. The molecule has 0 radical (unpaired) electrons. The molecule has 3 rings (SSSR count). The summed E-state index contributed by atoms with van der Waals surface area (Å²) in [6, 6.07) is 11.3. The van der Waals surface area contributed by atoms with Crippen LogP contribution >= 0.6 is 0 Å². The molecular formula is C19H20FN3O3. The zero-order valence-corrected chi connectivity index (χ0v) is 14.2. The number of hydrogen-bond donors (Lipinski definition) is 1. The number of carbonyl (C=O) groups excluding carboxylic acids is 2. The van der Waals surface area contributed by atoms with E-state index in [1.165, 1.54) is 0 Å². The lowest BCUT2D eigenvalue weighted by Crippen LogP contribution is -2.43. The van der Waals surface area contributed by atoms with Crippen molar-refractivity contribution < 1.29 is 18.7 Å². The van der Waals surface area contributed by atoms with E-state index < -0.39 is 12.7 Å². The number of pyridine rings is 1. The summed E-state index contributed by atoms with van der Waals surface area (Å²) in [5.74, 6) is -0.0222. The van der Waals surface area contributed by atoms with E-state index >= 15 is 0 Å². The van der Waals surface area contributed by atoms with Gasteiger partial charge in [0, 0.05) is 24.5 Å². The number of alkyl halides is 1. The Morgan fingerprint density at radius 1 is 1.27 bits per heavy atom. The molecule has 0 aliphatic carbocycles. The van der Waals surface area contributed by atoms with Crippen LogP contribution < -0.4 is 10.1 Å². The molecule has 6 nitrogen and oxygen atoms in total. The Hall–Kier alpha value is -2.96. The fourth-order valence-electron chi connectivity index (χ4n) is 2.96. The minimum Gasteiger partial charge on any atom is -0.491 e. The maximum absolute atomic E-state index is 12.7. The van der Waals surface area contributed by atoms with Gasteiger partial charge < -0.3 is 15.0 Å². The van der Waals surface area contributed by atoms with Crippen molar-refractivity contribution in [1.29, 1.82) is 0 Å². The van der Waals surface area contributed by atoms with Gasteiger partial charge in [0.25, 0.3) is 5.91 Å². The molecule has 0 bridgehead atoms. The van der Waals surface area contributed by atoms with Gasteiger partial charge in [0.2, 0.25) is 5.91 Å². The molecule has 1 fully saturated rings. The molecule has 2 aromatic rings. The molecule has 2 amide bonds. The van der Waals surface area contributed by atoms with Gasteiger partial charge in [0.1, 0.15) is 30.8 Å². The SMILES string of the molecule is O=C(Nc1cccc(OCCF)c1)[C@@H]1CCCN1C(=O)c1ccccn1. The molecule has 0 saturated carbocycles. The molecule has 1 aliphatic heterocycles. The van der Waals surface area contributed by atoms with E-state index in [0.717, 1.165) is 6.42 Å². The molecule has 7 heteroatoms. The maximum Gasteiger partial charge on any atom is 0.273 e. The van der Waals surface area contributed by atoms with Crippen molar-refractivity contribution in [3.63, 3.8) is 0 Å². The lowest BCUT2D eigenvalue weighted by Gasteiger charge is -2.23. The summed E-state index contributed by atoms with van der Waals surface area (Å²) in [4.78, 5) is 30.9. The van der Waals surface area contributed by atoms with Crippen LogP contribution in [0.3, 0.4) is 0 Å². The van der Waals surface area contributed by atoms with E-state index in [9.17, 15) is 14.0 Å². The predicted octanol–water partition coefficient (Wildman–Crippen LogP) is 2.67. The lowest BCUT2D eigenvalue weighted by atomic mass is 10.2. The third-order valence-corrected chi connectivity index (χ3v) is 4.15. The first-order valence-corrected chi connectivity index (χ1v) is 8.51. The number of likely N-dealkylation sites (tertiary alicyclic amines) is 1. The summed E-state index contributed by atoms with van der Waals surface area (Å²) in [6.45, 7) is -0.0945. The van der Waals surface area contributed by atoms with Gasteiger partial charge in [-0.2, -0.15) is 0 Å². The molecule has 2 heterocycles. The Morgan fingerprint density at radius 2 is 2.15 bits per heavy atom. The number of ether oxygens (including phenoxy) is 1. The van der Waals surface area contributed by atoms with Gasteiger partial charge in [-0.1, -0.05) is 12.1 Å². The fraction of sp³-hybridized carbons (Fsp3) is 0.316. The topological polar surface area (TPSA) is 71.5 Å². The number of halogens is 1. The van der Waals surface area contributed by atoms with Crippen LogP contribution in [-0.2, 0) is 4.79 Å². The number of amides is 2. The highest BCUT2D eigenvalue weighted by atomic mass is 19.1. The highest BCUT2D eigenvalue weighted by Gasteiger charge is 2.35. The van der Waals surface area contributed by atoms with E-state index in [2.05, 4.69) is 10.3 Å². The number of hydrogen-bond acceptors (Lipinski definition) is 4. The number of nitrogens with zero attached hydrogens (tertiary/aromatic N) is 2. The van der Waals surface area contributed by atoms with Crippen LogP contribution in [0, 0.1) is 0 Å². The maximum atomic E-state index is 12.7. The highest BCUT2D eigenvalue weighted by Crippen LogP contribution is 2.23. The lowest BCUT2D eigenvalue weighted by molar-refractivity contribution is -0.119. The number of aromatic nitrogens is 1. The average Bonchev–Trinajstić information content (AvgIpc) is 3.17. The molecule has 136 valence electrons. The Labute approximate surface area is 151 Å². The van der Waals surface area contributed by atoms with Crippen LogP contribution in [0.2, 0.25) is 0 Å². The molecule has 0 unspecified atom stereocenters. The molecular weight excluding hydrogens is 337 g/mol. The predicted molar refractivity (Wildman–Crippen MR) is 94.8 cm³/mol. The van der Waals surface area contributed by atoms with Gasteiger partial charge in [-0.25, -0.2) is 4.39 Å². The summed E-state index contributed by atoms with van der Waals surface area (Å²) < 4.78 is 17.4. The van der Waals surface area contributed by atoms with E-state index in [1.807, 2.05) is 0 Å². The van der Waals surface area contributed by atoms with Gasteiger partial charge in [-0.15, -0.1) is 0 Å². The van der Waals surface area contributed by atoms with Crippen molar-refractivity contribution in [2.45, 2.75) is 18.9 Å². The Morgan fingerprint density at radius 3 is 2.92 bits per heavy atom. The van der Waals surface area contributed by atoms with Crippen molar-refractivity contribution in [3.8, 4) is 5.75 Å². The molecule has 1 atom stereocenters. The summed E-state index contributed by atoms with van der Waals surface area (Å²) in [5, 5.41) is 2.81. The normalized spacial score (nSPS) is 16.3. The van der Waals surface area contributed by atoms with Gasteiger partial charge >= 0.3 is 0 Å². The Kier molecular flexibility index (Phi) is 5.78. The molecule has 1 aromatic heterocycles. The third kappa shape index (κ3) is 4.17. The minimum absolute atomic E-state index is 0.0353. The second-order valence-corrected chi connectivity index (χ2v) is 5.93. The van der Waals surface area contributed by atoms with Crippen LogP contribution in [0.5, 0.6) is 5.75 Å². The minimum atomic E-state index is -0.580. The van der Waals surface area contributed by atoms with Crippen molar-refractivity contribution in [1.82, 2.24) is 9.88 Å². The first kappa shape index (κ1) is 17.8. The summed E-state index contributed by atoms with van der Waals surface area (Å²) in [6.07, 6.45) is 2.92. The number of rotatable bonds is 6. The van der Waals surface area contributed by atoms with Crippen LogP contribution in [0.15, 0.2) is 48.7 Å². The zero-order valence-electron chi connectivity index (χ0n) is 14.2. The van der Waals surface area contributed by atoms with Gasteiger partial charge in [-0.05, 0) is 37.1 Å². The number of nitrogens with one attached hydrogen (secondary N) is 1. The smallest absolute Gasteiger partial charge is 0.273 e. The van der Waals surface area contributed by atoms with E-state index in [4.69, 9.17) is 4.74 Å². The first-order valence-electron chi connectivity index (χ1n) is 8.51. The molecule has 26 heavy (non-hydrogen) atoms. The van der Waals surface area contributed by atoms with E-state index in [1.54, 1.807) is 53.6 Å². The third-order valence-electron chi connectivity index (χ3n) is 4.15. The fourth-order valence-corrected chi connectivity index (χ4v) is 2.96. The van der Waals surface area contributed by atoms with Crippen molar-refractivity contribution >= 4 is 17.5 Å². The second-order valence-electron chi connectivity index (χ2n) is 5.93. The van der Waals surface area contributed by atoms with Crippen molar-refractivity contribution in [2.24, 2.45) is 0 Å². The Balaban J connectivity index is 1.68. The van der Waals surface area contributed by atoms with Crippen molar-refractivity contribution in [3.05, 3.63) is 54.4 Å². The molecule has 1 saturated heterocycles. The van der Waals surface area contributed by atoms with E-state index in [-0.39, 0.29) is 18.4 Å². The molecule has 1 aromatic carbocycles. The quantitative estimate of drug-likeness (QED) is 0.863. The second kappa shape index (κ2) is 8.42. The van der Waals surface area contributed by atoms with Crippen LogP contribution in [0.4, 0.5) is 10.1 Å². The van der Waals surface area contributed by atoms with E-state index in [0.29, 0.717) is 30.1 Å². The molecule has 0 spiro atoms. The number of anilines is 1. The van der Waals surface area contributed by atoms with Crippen molar-refractivity contribution in [2.75, 3.05) is 25.1 Å². The number of carbonyl (C=O) groups is 2. The van der Waals surface area contributed by atoms with Crippen LogP contribution in [0.25, 0.3) is 0 Å². The zero-order chi connectivity index (χ0) is 18.4. The largest absolute Gasteiger partial charge is 0.491 e. The summed E-state index contributed by atoms with van der Waals surface area (Å²) >= 11 is 0. The highest BCUT2D eigenvalue weighted by molar-refractivity contribution is 6.00. The van der Waals surface area contributed by atoms with Gasteiger partial charge in [-0.3, -0.25) is 14.6 Å². The summed E-state index contributed by atoms with van der Waals surface area (Å²) in [5.41, 5.74) is 0.873. The van der Waals surface area contributed by atoms with Gasteiger partial charge in [0.15, 0.2) is 0 Å². The molecule has 1 aliphatic rings. The standard InChI is InChI=1S/C19H20FN3O3/c20-9-12-26-15-6-3-5-14(13-15)22-18(24)17-8-4-11-23(17)19(25)16-7-1-2-10-21-16/h1-3,5-7,10,13,17H,4,8-9,11-12H2,(H,22,24)/t17-/m0/s1. The first-order chi connectivity index (χ1) is 12.7. The Bertz CT molecular complexity index is 770. The van der Waals surface area contributed by atoms with Gasteiger partial charge in [0.05, 0.1) is 0 Å².